The molecule has 110 valence electrons. The molecule has 0 saturated heterocycles. The summed E-state index contributed by atoms with van der Waals surface area (Å²) in [5, 5.41) is 13.4. The number of nitro groups is 1. The minimum absolute atomic E-state index is 0.0326. The lowest BCUT2D eigenvalue weighted by Gasteiger charge is -2.23. The molecule has 0 bridgehead atoms. The van der Waals surface area contributed by atoms with Gasteiger partial charge in [-0.05, 0) is 33.0 Å². The standard InChI is InChI=1S/C14H21N3O3/c1-4-5-9-16(3)11(2)14(18)15-12-7-6-8-13(10-12)17(19)20/h6-8,10-11H,4-5,9H2,1-3H3,(H,15,18). The first-order valence-electron chi connectivity index (χ1n) is 6.71. The molecule has 6 nitrogen and oxygen atoms in total. The number of hydrogen-bond acceptors (Lipinski definition) is 4. The summed E-state index contributed by atoms with van der Waals surface area (Å²) >= 11 is 0. The van der Waals surface area contributed by atoms with Crippen LogP contribution in [0.1, 0.15) is 26.7 Å². The van der Waals surface area contributed by atoms with Gasteiger partial charge in [0, 0.05) is 17.8 Å². The third-order valence-corrected chi connectivity index (χ3v) is 3.23. The number of anilines is 1. The number of nitrogens with one attached hydrogen (secondary N) is 1. The molecule has 0 spiro atoms. The van der Waals surface area contributed by atoms with E-state index in [1.807, 2.05) is 18.9 Å². The van der Waals surface area contributed by atoms with Gasteiger partial charge < -0.3 is 5.32 Å². The molecule has 6 heteroatoms. The number of carbonyl (C=O) groups excluding carboxylic acids is 1. The highest BCUT2D eigenvalue weighted by molar-refractivity contribution is 5.94. The molecule has 1 amide bonds. The summed E-state index contributed by atoms with van der Waals surface area (Å²) in [6, 6.07) is 5.67. The number of nitro benzene ring substituents is 1. The Morgan fingerprint density at radius 3 is 2.80 bits per heavy atom. The lowest BCUT2D eigenvalue weighted by molar-refractivity contribution is -0.384. The number of likely N-dealkylation sites (N-methyl/N-ethyl adjacent to an activating group) is 1. The van der Waals surface area contributed by atoms with Crippen LogP contribution in [0.4, 0.5) is 11.4 Å². The number of benzene rings is 1. The maximum atomic E-state index is 12.1. The van der Waals surface area contributed by atoms with Gasteiger partial charge in [-0.1, -0.05) is 19.4 Å². The van der Waals surface area contributed by atoms with Crippen LogP contribution in [0.25, 0.3) is 0 Å². The molecule has 1 atom stereocenters. The minimum atomic E-state index is -0.480. The first-order valence-corrected chi connectivity index (χ1v) is 6.71. The van der Waals surface area contributed by atoms with Crippen molar-refractivity contribution in [2.75, 3.05) is 18.9 Å². The number of carbonyl (C=O) groups is 1. The Morgan fingerprint density at radius 1 is 1.50 bits per heavy atom. The molecule has 0 radical (unpaired) electrons. The molecular weight excluding hydrogens is 258 g/mol. The van der Waals surface area contributed by atoms with Gasteiger partial charge in [0.05, 0.1) is 11.0 Å². The van der Waals surface area contributed by atoms with E-state index in [2.05, 4.69) is 12.2 Å². The van der Waals surface area contributed by atoms with Gasteiger partial charge in [0.1, 0.15) is 0 Å². The van der Waals surface area contributed by atoms with Gasteiger partial charge >= 0.3 is 0 Å². The second-order valence-electron chi connectivity index (χ2n) is 4.81. The van der Waals surface area contributed by atoms with E-state index in [0.717, 1.165) is 19.4 Å². The highest BCUT2D eigenvalue weighted by Crippen LogP contribution is 2.17. The molecule has 0 aliphatic carbocycles. The first-order chi connectivity index (χ1) is 9.45. The van der Waals surface area contributed by atoms with Crippen molar-refractivity contribution < 1.29 is 9.72 Å². The normalized spacial score (nSPS) is 12.2. The Hall–Kier alpha value is -1.95. The Bertz CT molecular complexity index is 476. The maximum absolute atomic E-state index is 12.1. The molecule has 1 aromatic rings. The van der Waals surface area contributed by atoms with Gasteiger partial charge in [0.2, 0.25) is 5.91 Å². The molecule has 0 fully saturated rings. The third-order valence-electron chi connectivity index (χ3n) is 3.23. The summed E-state index contributed by atoms with van der Waals surface area (Å²) in [6.45, 7) is 4.77. The average molecular weight is 279 g/mol. The van der Waals surface area contributed by atoms with Crippen molar-refractivity contribution in [1.82, 2.24) is 4.90 Å². The summed E-state index contributed by atoms with van der Waals surface area (Å²) in [7, 11) is 1.90. The Kier molecular flexibility index (Phi) is 6.11. The van der Waals surface area contributed by atoms with Gasteiger partial charge in [0.25, 0.3) is 5.69 Å². The monoisotopic (exact) mass is 279 g/mol. The quantitative estimate of drug-likeness (QED) is 0.615. The molecule has 20 heavy (non-hydrogen) atoms. The zero-order chi connectivity index (χ0) is 15.1. The number of unbranched alkanes of at least 4 members (excludes halogenated alkanes) is 1. The van der Waals surface area contributed by atoms with Crippen molar-refractivity contribution in [2.45, 2.75) is 32.7 Å². The van der Waals surface area contributed by atoms with E-state index in [9.17, 15) is 14.9 Å². The number of amides is 1. The van der Waals surface area contributed by atoms with E-state index in [1.165, 1.54) is 12.1 Å². The van der Waals surface area contributed by atoms with Crippen LogP contribution in [0.2, 0.25) is 0 Å². The van der Waals surface area contributed by atoms with E-state index in [-0.39, 0.29) is 17.6 Å². The topological polar surface area (TPSA) is 75.5 Å². The fourth-order valence-corrected chi connectivity index (χ4v) is 1.75. The maximum Gasteiger partial charge on any atom is 0.271 e. The summed E-state index contributed by atoms with van der Waals surface area (Å²) in [5.41, 5.74) is 0.412. The van der Waals surface area contributed by atoms with Crippen molar-refractivity contribution in [3.8, 4) is 0 Å². The molecule has 1 N–H and O–H groups in total. The number of nitrogens with zero attached hydrogens (tertiary/aromatic N) is 2. The molecule has 0 saturated carbocycles. The fraction of sp³-hybridized carbons (Fsp3) is 0.500. The summed E-state index contributed by atoms with van der Waals surface area (Å²) in [5.74, 6) is -0.163. The lowest BCUT2D eigenvalue weighted by Crippen LogP contribution is -2.40. The molecule has 1 rings (SSSR count). The van der Waals surface area contributed by atoms with Crippen molar-refractivity contribution in [3.63, 3.8) is 0 Å². The van der Waals surface area contributed by atoms with Crippen LogP contribution in [0.15, 0.2) is 24.3 Å². The first kappa shape index (κ1) is 16.1. The second-order valence-corrected chi connectivity index (χ2v) is 4.81. The van der Waals surface area contributed by atoms with Crippen LogP contribution >= 0.6 is 0 Å². The zero-order valence-electron chi connectivity index (χ0n) is 12.1. The summed E-state index contributed by atoms with van der Waals surface area (Å²) in [6.07, 6.45) is 2.11. The predicted octanol–water partition coefficient (Wildman–Crippen LogP) is 2.65. The number of non-ortho nitro benzene ring substituents is 1. The van der Waals surface area contributed by atoms with Crippen molar-refractivity contribution in [3.05, 3.63) is 34.4 Å². The minimum Gasteiger partial charge on any atom is -0.324 e. The van der Waals surface area contributed by atoms with Crippen LogP contribution in [-0.4, -0.2) is 35.4 Å². The predicted molar refractivity (Wildman–Crippen MR) is 78.7 cm³/mol. The van der Waals surface area contributed by atoms with Crippen LogP contribution in [0.3, 0.4) is 0 Å². The van der Waals surface area contributed by atoms with Gasteiger partial charge in [-0.3, -0.25) is 19.8 Å². The highest BCUT2D eigenvalue weighted by Gasteiger charge is 2.18. The summed E-state index contributed by atoms with van der Waals surface area (Å²) in [4.78, 5) is 24.2. The molecule has 0 heterocycles. The summed E-state index contributed by atoms with van der Waals surface area (Å²) < 4.78 is 0. The van der Waals surface area contributed by atoms with Crippen molar-refractivity contribution in [1.29, 1.82) is 0 Å². The molecule has 0 aromatic heterocycles. The van der Waals surface area contributed by atoms with Crippen molar-refractivity contribution >= 4 is 17.3 Å². The van der Waals surface area contributed by atoms with Crippen LogP contribution in [0.5, 0.6) is 0 Å². The fourth-order valence-electron chi connectivity index (χ4n) is 1.75. The van der Waals surface area contributed by atoms with Gasteiger partial charge in [-0.25, -0.2) is 0 Å². The third kappa shape index (κ3) is 4.62. The highest BCUT2D eigenvalue weighted by atomic mass is 16.6. The number of rotatable bonds is 7. The Labute approximate surface area is 118 Å². The smallest absolute Gasteiger partial charge is 0.271 e. The molecule has 1 unspecified atom stereocenters. The lowest BCUT2D eigenvalue weighted by atomic mass is 10.2. The van der Waals surface area contributed by atoms with E-state index in [4.69, 9.17) is 0 Å². The Morgan fingerprint density at radius 2 is 2.20 bits per heavy atom. The zero-order valence-corrected chi connectivity index (χ0v) is 12.1. The van der Waals surface area contributed by atoms with Gasteiger partial charge in [-0.2, -0.15) is 0 Å². The van der Waals surface area contributed by atoms with E-state index >= 15 is 0 Å². The molecular formula is C14H21N3O3. The Balaban J connectivity index is 2.65. The molecule has 1 aromatic carbocycles. The van der Waals surface area contributed by atoms with Gasteiger partial charge in [-0.15, -0.1) is 0 Å². The van der Waals surface area contributed by atoms with Crippen LogP contribution in [-0.2, 0) is 4.79 Å². The van der Waals surface area contributed by atoms with E-state index in [0.29, 0.717) is 5.69 Å². The van der Waals surface area contributed by atoms with E-state index in [1.54, 1.807) is 12.1 Å². The van der Waals surface area contributed by atoms with Crippen LogP contribution < -0.4 is 5.32 Å². The van der Waals surface area contributed by atoms with Crippen molar-refractivity contribution in [2.24, 2.45) is 0 Å². The largest absolute Gasteiger partial charge is 0.324 e. The van der Waals surface area contributed by atoms with Gasteiger partial charge in [0.15, 0.2) is 0 Å². The second kappa shape index (κ2) is 7.59. The number of hydrogen-bond donors (Lipinski definition) is 1. The van der Waals surface area contributed by atoms with Crippen LogP contribution in [0, 0.1) is 10.1 Å². The molecule has 0 aliphatic heterocycles. The van der Waals surface area contributed by atoms with E-state index < -0.39 is 4.92 Å². The molecule has 0 aliphatic rings. The SMILES string of the molecule is CCCCN(C)C(C)C(=O)Nc1cccc([N+](=O)[O-])c1. The average Bonchev–Trinajstić information content (AvgIpc) is 2.44.